The third-order valence-corrected chi connectivity index (χ3v) is 3.35. The first-order chi connectivity index (χ1) is 8.93. The molecule has 1 saturated heterocycles. The second kappa shape index (κ2) is 5.27. The molecule has 1 aromatic heterocycles. The van der Waals surface area contributed by atoms with E-state index in [1.807, 2.05) is 42.6 Å². The quantitative estimate of drug-likeness (QED) is 0.809. The number of nitrogens with zero attached hydrogens (tertiary/aromatic N) is 2. The smallest absolute Gasteiger partial charge is 0.159 e. The number of ether oxygens (including phenoxy) is 1. The molecule has 2 heterocycles. The Morgan fingerprint density at radius 3 is 2.56 bits per heavy atom. The van der Waals surface area contributed by atoms with Gasteiger partial charge in [0.25, 0.3) is 0 Å². The highest BCUT2D eigenvalue weighted by molar-refractivity contribution is 5.54. The predicted octanol–water partition coefficient (Wildman–Crippen LogP) is 3.04. The Bertz CT molecular complexity index is 507. The summed E-state index contributed by atoms with van der Waals surface area (Å²) >= 11 is 0. The highest BCUT2D eigenvalue weighted by atomic mass is 16.5. The minimum atomic E-state index is 0.518. The summed E-state index contributed by atoms with van der Waals surface area (Å²) in [4.78, 5) is 9.06. The lowest BCUT2D eigenvalue weighted by atomic mass is 9.96. The largest absolute Gasteiger partial charge is 0.381 e. The van der Waals surface area contributed by atoms with Gasteiger partial charge in [-0.15, -0.1) is 0 Å². The molecule has 0 spiro atoms. The zero-order valence-electron chi connectivity index (χ0n) is 10.2. The minimum absolute atomic E-state index is 0.518. The number of rotatable bonds is 2. The van der Waals surface area contributed by atoms with Crippen LogP contribution in [0.3, 0.4) is 0 Å². The van der Waals surface area contributed by atoms with E-state index in [0.29, 0.717) is 5.92 Å². The molecule has 1 aromatic carbocycles. The Morgan fingerprint density at radius 2 is 1.78 bits per heavy atom. The average Bonchev–Trinajstić information content (AvgIpc) is 2.49. The van der Waals surface area contributed by atoms with Crippen molar-refractivity contribution in [3.05, 3.63) is 48.3 Å². The molecule has 0 saturated carbocycles. The van der Waals surface area contributed by atoms with Crippen LogP contribution in [0, 0.1) is 0 Å². The van der Waals surface area contributed by atoms with Gasteiger partial charge in [0.2, 0.25) is 0 Å². The van der Waals surface area contributed by atoms with Crippen LogP contribution in [0.15, 0.2) is 42.6 Å². The lowest BCUT2D eigenvalue weighted by Crippen LogP contribution is -2.15. The minimum Gasteiger partial charge on any atom is -0.381 e. The molecule has 2 aromatic rings. The fraction of sp³-hybridized carbons (Fsp3) is 0.333. The van der Waals surface area contributed by atoms with Gasteiger partial charge in [0.15, 0.2) is 5.82 Å². The molecule has 3 rings (SSSR count). The van der Waals surface area contributed by atoms with Crippen LogP contribution < -0.4 is 0 Å². The maximum absolute atomic E-state index is 5.39. The van der Waals surface area contributed by atoms with Gasteiger partial charge in [-0.05, 0) is 18.9 Å². The van der Waals surface area contributed by atoms with Gasteiger partial charge in [0, 0.05) is 36.6 Å². The summed E-state index contributed by atoms with van der Waals surface area (Å²) in [7, 11) is 0. The van der Waals surface area contributed by atoms with Gasteiger partial charge < -0.3 is 4.74 Å². The van der Waals surface area contributed by atoms with Crippen molar-refractivity contribution in [1.29, 1.82) is 0 Å². The summed E-state index contributed by atoms with van der Waals surface area (Å²) in [6.45, 7) is 1.69. The van der Waals surface area contributed by atoms with Crippen LogP contribution >= 0.6 is 0 Å². The van der Waals surface area contributed by atoms with E-state index in [-0.39, 0.29) is 0 Å². The first-order valence-electron chi connectivity index (χ1n) is 6.39. The average molecular weight is 240 g/mol. The molecule has 0 amide bonds. The fourth-order valence-corrected chi connectivity index (χ4v) is 2.32. The van der Waals surface area contributed by atoms with Gasteiger partial charge in [0.1, 0.15) is 0 Å². The molecule has 1 aliphatic rings. The molecule has 3 nitrogen and oxygen atoms in total. The van der Waals surface area contributed by atoms with E-state index >= 15 is 0 Å². The van der Waals surface area contributed by atoms with Crippen molar-refractivity contribution < 1.29 is 4.74 Å². The molecule has 0 radical (unpaired) electrons. The van der Waals surface area contributed by atoms with Gasteiger partial charge in [0.05, 0.1) is 0 Å². The first kappa shape index (κ1) is 11.4. The van der Waals surface area contributed by atoms with E-state index < -0.39 is 0 Å². The SMILES string of the molecule is c1ccc(-c2nccc(C3CCOCC3)n2)cc1. The molecule has 3 heteroatoms. The monoisotopic (exact) mass is 240 g/mol. The van der Waals surface area contributed by atoms with E-state index in [9.17, 15) is 0 Å². The summed E-state index contributed by atoms with van der Waals surface area (Å²) in [6.07, 6.45) is 3.98. The van der Waals surface area contributed by atoms with E-state index in [2.05, 4.69) is 4.98 Å². The third kappa shape index (κ3) is 2.41. The second-order valence-electron chi connectivity index (χ2n) is 4.56. The maximum atomic E-state index is 5.39. The van der Waals surface area contributed by atoms with Crippen LogP contribution in [-0.4, -0.2) is 23.2 Å². The van der Waals surface area contributed by atoms with E-state index in [1.54, 1.807) is 0 Å². The topological polar surface area (TPSA) is 35.0 Å². The molecule has 0 atom stereocenters. The van der Waals surface area contributed by atoms with Gasteiger partial charge in [-0.3, -0.25) is 0 Å². The summed E-state index contributed by atoms with van der Waals surface area (Å²) in [5, 5.41) is 0. The summed E-state index contributed by atoms with van der Waals surface area (Å²) in [5.74, 6) is 1.34. The zero-order chi connectivity index (χ0) is 12.2. The highest BCUT2D eigenvalue weighted by Crippen LogP contribution is 2.26. The second-order valence-corrected chi connectivity index (χ2v) is 4.56. The van der Waals surface area contributed by atoms with Crippen LogP contribution in [0.4, 0.5) is 0 Å². The normalized spacial score (nSPS) is 16.7. The van der Waals surface area contributed by atoms with Crippen molar-refractivity contribution in [3.63, 3.8) is 0 Å². The standard InChI is InChI=1S/C15H16N2O/c1-2-4-13(5-3-1)15-16-9-6-14(17-15)12-7-10-18-11-8-12/h1-6,9,12H,7-8,10-11H2. The van der Waals surface area contributed by atoms with Gasteiger partial charge in [-0.25, -0.2) is 9.97 Å². The molecular formula is C15H16N2O. The molecule has 0 unspecified atom stereocenters. The Balaban J connectivity index is 1.89. The molecular weight excluding hydrogens is 224 g/mol. The number of hydrogen-bond acceptors (Lipinski definition) is 3. The van der Waals surface area contributed by atoms with Crippen molar-refractivity contribution in [3.8, 4) is 11.4 Å². The summed E-state index contributed by atoms with van der Waals surface area (Å²) < 4.78 is 5.39. The van der Waals surface area contributed by atoms with Gasteiger partial charge in [-0.1, -0.05) is 30.3 Å². The Hall–Kier alpha value is -1.74. The Labute approximate surface area is 107 Å². The van der Waals surface area contributed by atoms with Crippen LogP contribution in [-0.2, 0) is 4.74 Å². The van der Waals surface area contributed by atoms with Crippen molar-refractivity contribution in [1.82, 2.24) is 9.97 Å². The van der Waals surface area contributed by atoms with E-state index in [4.69, 9.17) is 9.72 Å². The van der Waals surface area contributed by atoms with Gasteiger partial charge in [-0.2, -0.15) is 0 Å². The maximum Gasteiger partial charge on any atom is 0.159 e. The highest BCUT2D eigenvalue weighted by Gasteiger charge is 2.17. The molecule has 1 fully saturated rings. The van der Waals surface area contributed by atoms with E-state index in [1.165, 1.54) is 0 Å². The van der Waals surface area contributed by atoms with Crippen LogP contribution in [0.1, 0.15) is 24.5 Å². The molecule has 92 valence electrons. The predicted molar refractivity (Wildman–Crippen MR) is 70.3 cm³/mol. The number of hydrogen-bond donors (Lipinski definition) is 0. The summed E-state index contributed by atoms with van der Waals surface area (Å²) in [6, 6.07) is 12.2. The van der Waals surface area contributed by atoms with Gasteiger partial charge >= 0.3 is 0 Å². The fourth-order valence-electron chi connectivity index (χ4n) is 2.32. The van der Waals surface area contributed by atoms with E-state index in [0.717, 1.165) is 43.1 Å². The molecule has 0 aliphatic carbocycles. The zero-order valence-corrected chi connectivity index (χ0v) is 10.2. The van der Waals surface area contributed by atoms with Crippen molar-refractivity contribution in [2.24, 2.45) is 0 Å². The van der Waals surface area contributed by atoms with Crippen molar-refractivity contribution in [2.75, 3.05) is 13.2 Å². The molecule has 0 N–H and O–H groups in total. The molecule has 1 aliphatic heterocycles. The Kier molecular flexibility index (Phi) is 3.33. The lowest BCUT2D eigenvalue weighted by molar-refractivity contribution is 0.0845. The number of aromatic nitrogens is 2. The number of benzene rings is 1. The Morgan fingerprint density at radius 1 is 1.00 bits per heavy atom. The van der Waals surface area contributed by atoms with Crippen molar-refractivity contribution >= 4 is 0 Å². The lowest BCUT2D eigenvalue weighted by Gasteiger charge is -2.21. The first-order valence-corrected chi connectivity index (χ1v) is 6.39. The third-order valence-electron chi connectivity index (χ3n) is 3.35. The van der Waals surface area contributed by atoms with Crippen LogP contribution in [0.2, 0.25) is 0 Å². The van der Waals surface area contributed by atoms with Crippen molar-refractivity contribution in [2.45, 2.75) is 18.8 Å². The molecule has 0 bridgehead atoms. The van der Waals surface area contributed by atoms with Crippen LogP contribution in [0.5, 0.6) is 0 Å². The molecule has 18 heavy (non-hydrogen) atoms. The summed E-state index contributed by atoms with van der Waals surface area (Å²) in [5.41, 5.74) is 2.22. The van der Waals surface area contributed by atoms with Crippen LogP contribution in [0.25, 0.3) is 11.4 Å².